The van der Waals surface area contributed by atoms with Crippen LogP contribution in [0.5, 0.6) is 0 Å². The largest absolute Gasteiger partial charge is 0.344 e. The molecule has 2 heteroatoms. The Morgan fingerprint density at radius 3 is 1.47 bits per heavy atom. The van der Waals surface area contributed by atoms with Crippen LogP contribution >= 0.6 is 0 Å². The number of unbranched alkanes of at least 4 members (excludes halogenated alkanes) is 30. The molecule has 1 N–H and O–H groups in total. The van der Waals surface area contributed by atoms with Gasteiger partial charge in [0.05, 0.1) is 12.0 Å². The van der Waals surface area contributed by atoms with Crippen LogP contribution in [0.3, 0.4) is 0 Å². The van der Waals surface area contributed by atoms with Crippen LogP contribution in [-0.4, -0.2) is 19.1 Å². The van der Waals surface area contributed by atoms with E-state index in [0.717, 1.165) is 19.4 Å². The molecule has 2 nitrogen and oxygen atoms in total. The summed E-state index contributed by atoms with van der Waals surface area (Å²) < 4.78 is 0. The van der Waals surface area contributed by atoms with E-state index in [-0.39, 0.29) is 10.8 Å². The molecular weight excluding hydrogens is 917 g/mol. The molecule has 1 aliphatic carbocycles. The second-order valence-electron chi connectivity index (χ2n) is 25.5. The van der Waals surface area contributed by atoms with Gasteiger partial charge in [-0.25, -0.2) is 0 Å². The molecule has 0 fully saturated rings. The molecule has 0 amide bonds. The topological polar surface area (TPSA) is 7.68 Å². The van der Waals surface area contributed by atoms with Crippen molar-refractivity contribution in [2.75, 3.05) is 18.0 Å². The molecule has 4 aromatic rings. The number of nitrogens with zero attached hydrogens (tertiary/aromatic N) is 1. The van der Waals surface area contributed by atoms with Crippen molar-refractivity contribution in [1.82, 2.24) is 0 Å². The normalized spacial score (nSPS) is 19.0. The van der Waals surface area contributed by atoms with Gasteiger partial charge in [0.25, 0.3) is 0 Å². The maximum atomic E-state index is 2.72. The first-order valence-electron chi connectivity index (χ1n) is 32.7. The van der Waals surface area contributed by atoms with Gasteiger partial charge in [-0.05, 0) is 115 Å². The fourth-order valence-electron chi connectivity index (χ4n) is 14.1. The molecule has 76 heavy (non-hydrogen) atoms. The van der Waals surface area contributed by atoms with Crippen molar-refractivity contribution in [3.05, 3.63) is 131 Å². The molecule has 0 saturated carbocycles. The highest BCUT2D eigenvalue weighted by Crippen LogP contribution is 2.51. The number of rotatable bonds is 37. The molecule has 7 rings (SSSR count). The maximum absolute atomic E-state index is 2.72. The lowest BCUT2D eigenvalue weighted by atomic mass is 9.78. The van der Waals surface area contributed by atoms with Crippen LogP contribution in [0.4, 0.5) is 11.4 Å². The number of anilines is 1. The number of nitrogens with one attached hydrogen (secondary N) is 1. The summed E-state index contributed by atoms with van der Waals surface area (Å²) in [4.78, 5) is 4.40. The number of allylic oxidation sites excluding steroid dienone is 7. The molecule has 416 valence electrons. The van der Waals surface area contributed by atoms with Crippen molar-refractivity contribution in [3.63, 3.8) is 0 Å². The number of quaternary nitrogens is 1. The summed E-state index contributed by atoms with van der Waals surface area (Å²) in [6.07, 6.45) is 61.5. The van der Waals surface area contributed by atoms with Crippen LogP contribution in [0.2, 0.25) is 0 Å². The number of benzene rings is 4. The molecular formula is C74H111N2+. The summed E-state index contributed by atoms with van der Waals surface area (Å²) in [5.41, 5.74) is 10.5. The molecule has 0 aromatic heterocycles. The predicted molar refractivity (Wildman–Crippen MR) is 337 cm³/mol. The third-order valence-corrected chi connectivity index (χ3v) is 18.6. The fraction of sp³-hybridized carbons (Fsp3) is 0.622. The first-order chi connectivity index (χ1) is 37.3. The van der Waals surface area contributed by atoms with E-state index in [1.807, 2.05) is 0 Å². The molecule has 2 atom stereocenters. The van der Waals surface area contributed by atoms with E-state index in [0.29, 0.717) is 6.04 Å². The van der Waals surface area contributed by atoms with E-state index in [1.165, 1.54) is 268 Å². The Morgan fingerprint density at radius 1 is 0.487 bits per heavy atom. The highest BCUT2D eigenvalue weighted by atomic mass is 15.2. The average molecular weight is 1030 g/mol. The van der Waals surface area contributed by atoms with Crippen molar-refractivity contribution >= 4 is 32.9 Å². The van der Waals surface area contributed by atoms with Crippen LogP contribution in [0.15, 0.2) is 120 Å². The van der Waals surface area contributed by atoms with E-state index in [9.17, 15) is 0 Å². The quantitative estimate of drug-likeness (QED) is 0.0442. The summed E-state index contributed by atoms with van der Waals surface area (Å²) in [6, 6.07) is 28.3. The van der Waals surface area contributed by atoms with Crippen LogP contribution < -0.4 is 9.80 Å². The Labute approximate surface area is 467 Å². The van der Waals surface area contributed by atoms with Crippen LogP contribution in [0.1, 0.15) is 277 Å². The third-order valence-electron chi connectivity index (χ3n) is 18.6. The summed E-state index contributed by atoms with van der Waals surface area (Å²) in [6.45, 7) is 17.0. The van der Waals surface area contributed by atoms with Gasteiger partial charge in [0, 0.05) is 35.0 Å². The van der Waals surface area contributed by atoms with Gasteiger partial charge in [-0.2, -0.15) is 0 Å². The summed E-state index contributed by atoms with van der Waals surface area (Å²) in [5.74, 6) is 0. The van der Waals surface area contributed by atoms with E-state index in [4.69, 9.17) is 0 Å². The predicted octanol–water partition coefficient (Wildman–Crippen LogP) is 22.0. The molecule has 0 spiro atoms. The molecule has 0 saturated heterocycles. The van der Waals surface area contributed by atoms with Crippen molar-refractivity contribution in [2.45, 2.75) is 283 Å². The molecule has 0 radical (unpaired) electrons. The highest BCUT2D eigenvalue weighted by Gasteiger charge is 2.49. The zero-order valence-corrected chi connectivity index (χ0v) is 50.0. The van der Waals surface area contributed by atoms with E-state index in [2.05, 4.69) is 150 Å². The van der Waals surface area contributed by atoms with Crippen molar-refractivity contribution in [3.8, 4) is 0 Å². The fourth-order valence-corrected chi connectivity index (χ4v) is 14.1. The summed E-state index contributed by atoms with van der Waals surface area (Å²) in [7, 11) is 0. The van der Waals surface area contributed by atoms with Gasteiger partial charge >= 0.3 is 0 Å². The molecule has 2 unspecified atom stereocenters. The monoisotopic (exact) mass is 1030 g/mol. The Kier molecular flexibility index (Phi) is 25.4. The Bertz CT molecular complexity index is 2440. The van der Waals surface area contributed by atoms with Crippen LogP contribution in [0.25, 0.3) is 21.5 Å². The van der Waals surface area contributed by atoms with Gasteiger partial charge in [0.2, 0.25) is 0 Å². The molecule has 3 aliphatic rings. The second kappa shape index (κ2) is 32.3. The van der Waals surface area contributed by atoms with E-state index < -0.39 is 0 Å². The van der Waals surface area contributed by atoms with Gasteiger partial charge in [-0.3, -0.25) is 4.90 Å². The van der Waals surface area contributed by atoms with Crippen molar-refractivity contribution in [1.29, 1.82) is 0 Å². The number of hydrogen-bond acceptors (Lipinski definition) is 1. The maximum Gasteiger partial charge on any atom is 0.136 e. The van der Waals surface area contributed by atoms with Crippen LogP contribution in [-0.2, 0) is 10.8 Å². The minimum absolute atomic E-state index is 0.0402. The SMILES string of the molecule is CCCCCCCCCCCCCCCCCCN1/C(=C/C=C2C=C(/C=C/C3[NH+](CCCCCCCCCCCCCCCCCC)c4ccc5ccccc5c4C3(C)C)CCC/2)C(C)(C)c2c1ccc1ccccc21. The Hall–Kier alpha value is -3.88. The third kappa shape index (κ3) is 17.1. The lowest BCUT2D eigenvalue weighted by molar-refractivity contribution is -0.850. The van der Waals surface area contributed by atoms with Gasteiger partial charge < -0.3 is 4.90 Å². The standard InChI is InChI=1S/C74H110N2/c1-7-9-11-13-15-17-19-21-23-25-27-29-31-33-35-41-58-75-67-54-52-63-46-37-39-48-65(63)71(67)73(3,4)69(75)56-50-61-44-43-45-62(60-61)51-57-70-74(5,6)72-66-49-40-38-47-64(66)53-55-68(72)76(70)59-42-36-34-32-30-28-26-24-22-20-18-16-14-12-10-8-2/h37-40,46-57,60,69H,7-36,41-45,58-59H2,1-6H3/p+1/b56-50+,62-51+,70-57+. The number of fused-ring (bicyclic) bond motifs is 6. The van der Waals surface area contributed by atoms with Crippen molar-refractivity contribution < 1.29 is 4.90 Å². The lowest BCUT2D eigenvalue weighted by Crippen LogP contribution is -3.10. The minimum Gasteiger partial charge on any atom is -0.344 e. The van der Waals surface area contributed by atoms with Gasteiger partial charge in [0.1, 0.15) is 11.7 Å². The Morgan fingerprint density at radius 2 is 0.947 bits per heavy atom. The first kappa shape index (κ1) is 59.8. The zero-order chi connectivity index (χ0) is 53.3. The molecule has 4 aromatic carbocycles. The van der Waals surface area contributed by atoms with Crippen molar-refractivity contribution in [2.24, 2.45) is 0 Å². The Balaban J connectivity index is 0.952. The summed E-state index contributed by atoms with van der Waals surface area (Å²) in [5, 5.41) is 5.60. The minimum atomic E-state index is -0.0741. The lowest BCUT2D eigenvalue weighted by Gasteiger charge is -2.28. The van der Waals surface area contributed by atoms with E-state index >= 15 is 0 Å². The molecule has 2 heterocycles. The van der Waals surface area contributed by atoms with Gasteiger partial charge in [0.15, 0.2) is 0 Å². The number of hydrogen-bond donors (Lipinski definition) is 1. The summed E-state index contributed by atoms with van der Waals surface area (Å²) >= 11 is 0. The molecule has 0 bridgehead atoms. The molecule has 2 aliphatic heterocycles. The average Bonchev–Trinajstić information content (AvgIpc) is 3.87. The van der Waals surface area contributed by atoms with E-state index in [1.54, 1.807) is 16.2 Å². The smallest absolute Gasteiger partial charge is 0.136 e. The highest BCUT2D eigenvalue weighted by molar-refractivity contribution is 5.95. The van der Waals surface area contributed by atoms with Gasteiger partial charge in [-0.15, -0.1) is 0 Å². The zero-order valence-electron chi connectivity index (χ0n) is 50.0. The first-order valence-corrected chi connectivity index (χ1v) is 32.7. The van der Waals surface area contributed by atoms with Crippen LogP contribution in [0, 0.1) is 0 Å². The second-order valence-corrected chi connectivity index (χ2v) is 25.5. The van der Waals surface area contributed by atoms with Gasteiger partial charge in [-0.1, -0.05) is 287 Å².